The molecule has 2 aliphatic rings. The topological polar surface area (TPSA) is 72.3 Å². The summed E-state index contributed by atoms with van der Waals surface area (Å²) in [5.41, 5.74) is 0.0846. The van der Waals surface area contributed by atoms with Crippen LogP contribution in [-0.4, -0.2) is 58.3 Å². The fourth-order valence-electron chi connectivity index (χ4n) is 5.31. The van der Waals surface area contributed by atoms with E-state index in [0.717, 1.165) is 74.8 Å². The van der Waals surface area contributed by atoms with Crippen LogP contribution in [0.1, 0.15) is 49.8 Å². The number of ether oxygens (including phenoxy) is 1. The van der Waals surface area contributed by atoms with Gasteiger partial charge < -0.3 is 14.3 Å². The van der Waals surface area contributed by atoms with Crippen LogP contribution < -0.4 is 0 Å². The largest absolute Gasteiger partial charge is 0.454 e. The molecule has 3 atom stereocenters. The van der Waals surface area contributed by atoms with Crippen molar-refractivity contribution in [3.05, 3.63) is 60.2 Å². The molecule has 2 fully saturated rings. The minimum atomic E-state index is -1.56. The highest BCUT2D eigenvalue weighted by Crippen LogP contribution is 2.42. The van der Waals surface area contributed by atoms with Gasteiger partial charge in [-0.05, 0) is 24.8 Å². The number of carbonyl (C=O) groups is 1. The summed E-state index contributed by atoms with van der Waals surface area (Å²) in [6.45, 7) is 2.75. The fourth-order valence-corrected chi connectivity index (χ4v) is 5.31. The first kappa shape index (κ1) is 21.9. The van der Waals surface area contributed by atoms with E-state index in [4.69, 9.17) is 4.74 Å². The molecule has 166 valence electrons. The molecule has 1 saturated carbocycles. The first-order valence-electron chi connectivity index (χ1n) is 11.6. The van der Waals surface area contributed by atoms with Crippen LogP contribution in [0.15, 0.2) is 48.9 Å². The zero-order valence-corrected chi connectivity index (χ0v) is 18.4. The average molecular weight is 425 g/mol. The predicted octanol–water partition coefficient (Wildman–Crippen LogP) is 3.25. The molecular weight excluding hydrogens is 390 g/mol. The molecule has 1 aromatic heterocycles. The van der Waals surface area contributed by atoms with Crippen molar-refractivity contribution in [3.63, 3.8) is 0 Å². The van der Waals surface area contributed by atoms with E-state index >= 15 is 0 Å². The van der Waals surface area contributed by atoms with Crippen molar-refractivity contribution in [2.75, 3.05) is 26.7 Å². The molecule has 6 heteroatoms. The van der Waals surface area contributed by atoms with Gasteiger partial charge in [-0.25, -0.2) is 4.79 Å². The van der Waals surface area contributed by atoms with Crippen LogP contribution in [0.2, 0.25) is 0 Å². The third-order valence-electron chi connectivity index (χ3n) is 7.14. The quantitative estimate of drug-likeness (QED) is 0.546. The summed E-state index contributed by atoms with van der Waals surface area (Å²) in [4.78, 5) is 21.9. The summed E-state index contributed by atoms with van der Waals surface area (Å²) in [7, 11) is 2.22. The summed E-state index contributed by atoms with van der Waals surface area (Å²) in [5, 5.41) is 11.7. The molecule has 1 aliphatic heterocycles. The van der Waals surface area contributed by atoms with Crippen molar-refractivity contribution in [2.45, 2.75) is 56.7 Å². The van der Waals surface area contributed by atoms with Gasteiger partial charge >= 0.3 is 5.97 Å². The van der Waals surface area contributed by atoms with Crippen LogP contribution >= 0.6 is 0 Å². The van der Waals surface area contributed by atoms with Gasteiger partial charge in [-0.2, -0.15) is 0 Å². The molecule has 0 amide bonds. The number of carbonyl (C=O) groups excluding carboxylic acids is 1. The molecule has 6 nitrogen and oxygen atoms in total. The molecule has 1 saturated heterocycles. The zero-order valence-electron chi connectivity index (χ0n) is 18.4. The fraction of sp³-hybridized carbons (Fsp3) is 0.560. The second kappa shape index (κ2) is 9.45. The maximum Gasteiger partial charge on any atom is 0.343 e. The van der Waals surface area contributed by atoms with Gasteiger partial charge in [0.2, 0.25) is 0 Å². The second-order valence-corrected chi connectivity index (χ2v) is 9.48. The van der Waals surface area contributed by atoms with Crippen LogP contribution in [0, 0.1) is 5.92 Å². The number of esters is 1. The van der Waals surface area contributed by atoms with Crippen molar-refractivity contribution < 1.29 is 19.1 Å². The molecule has 2 heterocycles. The zero-order chi connectivity index (χ0) is 21.7. The molecule has 1 N–H and O–H groups in total. The maximum atomic E-state index is 13.4. The van der Waals surface area contributed by atoms with E-state index in [0.29, 0.717) is 5.56 Å². The number of hydrogen-bond donors (Lipinski definition) is 1. The number of quaternary nitrogens is 1. The van der Waals surface area contributed by atoms with E-state index < -0.39 is 11.6 Å². The Labute approximate surface area is 184 Å². The summed E-state index contributed by atoms with van der Waals surface area (Å²) in [6.07, 6.45) is 11.6. The minimum absolute atomic E-state index is 0.0801. The SMILES string of the molecule is C[N+]1(CCc2cnccn2)CCCC(OC(=O)C(O)(c2ccccc2)C2CCCC2)C1. The number of nitrogens with zero attached hydrogens (tertiary/aromatic N) is 3. The van der Waals surface area contributed by atoms with E-state index in [9.17, 15) is 9.90 Å². The number of rotatable bonds is 7. The van der Waals surface area contributed by atoms with Crippen molar-refractivity contribution in [3.8, 4) is 0 Å². The van der Waals surface area contributed by atoms with Crippen molar-refractivity contribution in [1.29, 1.82) is 0 Å². The predicted molar refractivity (Wildman–Crippen MR) is 118 cm³/mol. The highest BCUT2D eigenvalue weighted by Gasteiger charge is 2.49. The molecule has 0 radical (unpaired) electrons. The van der Waals surface area contributed by atoms with Gasteiger partial charge in [0, 0.05) is 37.4 Å². The van der Waals surface area contributed by atoms with Gasteiger partial charge in [0.25, 0.3) is 0 Å². The lowest BCUT2D eigenvalue weighted by atomic mass is 9.80. The van der Waals surface area contributed by atoms with Gasteiger partial charge in [0.05, 0.1) is 25.8 Å². The van der Waals surface area contributed by atoms with E-state index in [1.807, 2.05) is 36.5 Å². The molecule has 1 aliphatic carbocycles. The van der Waals surface area contributed by atoms with E-state index in [2.05, 4.69) is 17.0 Å². The van der Waals surface area contributed by atoms with Gasteiger partial charge in [0.1, 0.15) is 6.54 Å². The van der Waals surface area contributed by atoms with Crippen LogP contribution in [-0.2, 0) is 21.6 Å². The Balaban J connectivity index is 1.44. The van der Waals surface area contributed by atoms with Crippen LogP contribution in [0.5, 0.6) is 0 Å². The molecule has 1 aromatic carbocycles. The van der Waals surface area contributed by atoms with Gasteiger partial charge in [-0.1, -0.05) is 43.2 Å². The van der Waals surface area contributed by atoms with Crippen LogP contribution in [0.25, 0.3) is 0 Å². The van der Waals surface area contributed by atoms with Crippen molar-refractivity contribution in [2.24, 2.45) is 5.92 Å². The maximum absolute atomic E-state index is 13.4. The number of aliphatic hydroxyl groups is 1. The Bertz CT molecular complexity index is 857. The number of likely N-dealkylation sites (N-methyl/N-ethyl adjacent to an activating group) is 1. The smallest absolute Gasteiger partial charge is 0.343 e. The number of hydrogen-bond acceptors (Lipinski definition) is 5. The lowest BCUT2D eigenvalue weighted by Crippen LogP contribution is -2.56. The Morgan fingerprint density at radius 3 is 2.65 bits per heavy atom. The number of piperidine rings is 1. The summed E-state index contributed by atoms with van der Waals surface area (Å²) >= 11 is 0. The first-order valence-corrected chi connectivity index (χ1v) is 11.6. The highest BCUT2D eigenvalue weighted by atomic mass is 16.6. The summed E-state index contributed by atoms with van der Waals surface area (Å²) in [6, 6.07) is 9.36. The Morgan fingerprint density at radius 2 is 1.94 bits per heavy atom. The average Bonchev–Trinajstić information content (AvgIpc) is 3.34. The van der Waals surface area contributed by atoms with Crippen LogP contribution in [0.4, 0.5) is 0 Å². The summed E-state index contributed by atoms with van der Waals surface area (Å²) in [5.74, 6) is -0.554. The number of aromatic nitrogens is 2. The molecule has 31 heavy (non-hydrogen) atoms. The second-order valence-electron chi connectivity index (χ2n) is 9.48. The number of benzene rings is 1. The molecule has 0 bridgehead atoms. The third-order valence-corrected chi connectivity index (χ3v) is 7.14. The molecule has 2 aromatic rings. The Hall–Kier alpha value is -2.31. The normalized spacial score (nSPS) is 26.3. The van der Waals surface area contributed by atoms with Gasteiger partial charge in [-0.3, -0.25) is 9.97 Å². The monoisotopic (exact) mass is 424 g/mol. The lowest BCUT2D eigenvalue weighted by molar-refractivity contribution is -0.916. The Kier molecular flexibility index (Phi) is 6.68. The van der Waals surface area contributed by atoms with E-state index in [1.165, 1.54) is 0 Å². The molecular formula is C25H34N3O3+. The third kappa shape index (κ3) is 4.96. The number of likely N-dealkylation sites (tertiary alicyclic amines) is 1. The Morgan fingerprint density at radius 1 is 1.16 bits per heavy atom. The molecule has 3 unspecified atom stereocenters. The van der Waals surface area contributed by atoms with Crippen LogP contribution in [0.3, 0.4) is 0 Å². The molecule has 0 spiro atoms. The van der Waals surface area contributed by atoms with Crippen molar-refractivity contribution >= 4 is 5.97 Å². The van der Waals surface area contributed by atoms with Crippen molar-refractivity contribution in [1.82, 2.24) is 9.97 Å². The lowest BCUT2D eigenvalue weighted by Gasteiger charge is -2.42. The standard InChI is InChI=1S/C25H34N3O3/c1-28(17-13-22-18-26-14-15-27-22)16-7-12-23(19-28)31-24(29)25(30,21-10-5-6-11-21)20-8-3-2-4-9-20/h2-4,8-9,14-15,18,21,23,30H,5-7,10-13,16-17,19H2,1H3/q+1. The highest BCUT2D eigenvalue weighted by molar-refractivity contribution is 5.81. The first-order chi connectivity index (χ1) is 15.0. The summed E-state index contributed by atoms with van der Waals surface area (Å²) < 4.78 is 6.87. The minimum Gasteiger partial charge on any atom is -0.454 e. The van der Waals surface area contributed by atoms with Gasteiger partial charge in [-0.15, -0.1) is 0 Å². The van der Waals surface area contributed by atoms with E-state index in [1.54, 1.807) is 12.4 Å². The molecule has 4 rings (SSSR count). The van der Waals surface area contributed by atoms with Gasteiger partial charge in [0.15, 0.2) is 11.7 Å². The van der Waals surface area contributed by atoms with E-state index in [-0.39, 0.29) is 12.0 Å².